The molecule has 1 aromatic rings. The second kappa shape index (κ2) is 6.03. The second-order valence-electron chi connectivity index (χ2n) is 4.71. The van der Waals surface area contributed by atoms with Gasteiger partial charge in [-0.3, -0.25) is 4.79 Å². The van der Waals surface area contributed by atoms with Crippen molar-refractivity contribution in [3.63, 3.8) is 0 Å². The summed E-state index contributed by atoms with van der Waals surface area (Å²) in [6.45, 7) is 2.10. The molecule has 1 aliphatic heterocycles. The molecule has 2 heterocycles. The van der Waals surface area contributed by atoms with Gasteiger partial charge in [0.1, 0.15) is 0 Å². The van der Waals surface area contributed by atoms with Crippen molar-refractivity contribution in [3.05, 3.63) is 19.2 Å². The number of piperidine rings is 1. The predicted molar refractivity (Wildman–Crippen MR) is 82.3 cm³/mol. The molecule has 0 radical (unpaired) electrons. The highest BCUT2D eigenvalue weighted by molar-refractivity contribution is 9.13. The van der Waals surface area contributed by atoms with Crippen molar-refractivity contribution in [2.75, 3.05) is 27.2 Å². The molecular weight excluding hydrogens is 380 g/mol. The Morgan fingerprint density at radius 1 is 1.56 bits per heavy atom. The molecule has 0 aromatic carbocycles. The Labute approximate surface area is 128 Å². The summed E-state index contributed by atoms with van der Waals surface area (Å²) in [5.74, 6) is 0.117. The molecule has 2 rings (SSSR count). The van der Waals surface area contributed by atoms with E-state index in [1.807, 2.05) is 18.0 Å². The van der Waals surface area contributed by atoms with E-state index in [2.05, 4.69) is 43.8 Å². The van der Waals surface area contributed by atoms with E-state index in [-0.39, 0.29) is 5.91 Å². The molecule has 3 nitrogen and oxygen atoms in total. The smallest absolute Gasteiger partial charge is 0.264 e. The van der Waals surface area contributed by atoms with Gasteiger partial charge in [0.15, 0.2) is 0 Å². The van der Waals surface area contributed by atoms with Gasteiger partial charge < -0.3 is 9.80 Å². The van der Waals surface area contributed by atoms with Crippen LogP contribution in [0, 0.1) is 0 Å². The number of likely N-dealkylation sites (N-methyl/N-ethyl adjacent to an activating group) is 2. The van der Waals surface area contributed by atoms with Crippen LogP contribution in [0.25, 0.3) is 0 Å². The molecule has 1 aromatic heterocycles. The molecule has 0 aliphatic carbocycles. The third-order valence-corrected chi connectivity index (χ3v) is 6.57. The van der Waals surface area contributed by atoms with Crippen LogP contribution in [0.1, 0.15) is 22.5 Å². The van der Waals surface area contributed by atoms with Gasteiger partial charge in [-0.2, -0.15) is 0 Å². The number of halogens is 2. The molecule has 1 saturated heterocycles. The first-order valence-electron chi connectivity index (χ1n) is 5.89. The fraction of sp³-hybridized carbons (Fsp3) is 0.583. The number of amides is 1. The maximum Gasteiger partial charge on any atom is 0.264 e. The largest absolute Gasteiger partial charge is 0.337 e. The fourth-order valence-electron chi connectivity index (χ4n) is 2.25. The van der Waals surface area contributed by atoms with Gasteiger partial charge >= 0.3 is 0 Å². The maximum absolute atomic E-state index is 12.4. The van der Waals surface area contributed by atoms with E-state index in [9.17, 15) is 4.79 Å². The molecule has 0 saturated carbocycles. The third kappa shape index (κ3) is 3.15. The molecule has 1 aliphatic rings. The van der Waals surface area contributed by atoms with Crippen molar-refractivity contribution < 1.29 is 4.79 Å². The molecule has 100 valence electrons. The van der Waals surface area contributed by atoms with Crippen LogP contribution < -0.4 is 0 Å². The lowest BCUT2D eigenvalue weighted by molar-refractivity contribution is 0.0649. The first-order chi connectivity index (χ1) is 8.49. The van der Waals surface area contributed by atoms with E-state index < -0.39 is 0 Å². The van der Waals surface area contributed by atoms with E-state index in [4.69, 9.17) is 0 Å². The number of carbonyl (C=O) groups is 1. The summed E-state index contributed by atoms with van der Waals surface area (Å²) in [6, 6.07) is 2.22. The number of thiophene rings is 1. The van der Waals surface area contributed by atoms with Crippen LogP contribution in [0.5, 0.6) is 0 Å². The quantitative estimate of drug-likeness (QED) is 0.765. The second-order valence-corrected chi connectivity index (χ2v) is 7.93. The molecule has 1 amide bonds. The van der Waals surface area contributed by atoms with E-state index in [0.717, 1.165) is 39.1 Å². The van der Waals surface area contributed by atoms with Crippen molar-refractivity contribution in [1.29, 1.82) is 0 Å². The highest BCUT2D eigenvalue weighted by Gasteiger charge is 2.26. The Balaban J connectivity index is 2.08. The minimum atomic E-state index is 0.117. The first-order valence-corrected chi connectivity index (χ1v) is 8.30. The zero-order valence-electron chi connectivity index (χ0n) is 10.4. The lowest BCUT2D eigenvalue weighted by atomic mass is 10.1. The minimum absolute atomic E-state index is 0.117. The summed E-state index contributed by atoms with van der Waals surface area (Å²) >= 11 is 8.34. The standard InChI is InChI=1S/C12H16Br2N2OS/c1-15-5-3-4-8(7-15)16(2)12(17)10-6-9(13)11(14)18-10/h6,8H,3-5,7H2,1-2H3. The molecular formula is C12H16Br2N2OS. The summed E-state index contributed by atoms with van der Waals surface area (Å²) in [5, 5.41) is 0. The van der Waals surface area contributed by atoms with Crippen LogP contribution in [0.3, 0.4) is 0 Å². The van der Waals surface area contributed by atoms with Gasteiger partial charge in [0.05, 0.1) is 8.66 Å². The van der Waals surface area contributed by atoms with Gasteiger partial charge in [-0.05, 0) is 64.4 Å². The molecule has 1 unspecified atom stereocenters. The summed E-state index contributed by atoms with van der Waals surface area (Å²) in [6.07, 6.45) is 2.26. The van der Waals surface area contributed by atoms with Gasteiger partial charge in [-0.15, -0.1) is 11.3 Å². The van der Waals surface area contributed by atoms with Crippen molar-refractivity contribution in [3.8, 4) is 0 Å². The molecule has 0 bridgehead atoms. The molecule has 1 fully saturated rings. The monoisotopic (exact) mass is 394 g/mol. The molecule has 18 heavy (non-hydrogen) atoms. The summed E-state index contributed by atoms with van der Waals surface area (Å²) in [4.78, 5) is 17.4. The molecule has 1 atom stereocenters. The van der Waals surface area contributed by atoms with E-state index in [1.165, 1.54) is 11.3 Å². The lowest BCUT2D eigenvalue weighted by Crippen LogP contribution is -2.47. The zero-order valence-corrected chi connectivity index (χ0v) is 14.4. The Morgan fingerprint density at radius 3 is 2.83 bits per heavy atom. The van der Waals surface area contributed by atoms with Crippen molar-refractivity contribution >= 4 is 49.1 Å². The van der Waals surface area contributed by atoms with Gasteiger partial charge in [0.25, 0.3) is 5.91 Å². The Kier molecular flexibility index (Phi) is 4.86. The average Bonchev–Trinajstić information content (AvgIpc) is 2.68. The average molecular weight is 396 g/mol. The number of hydrogen-bond acceptors (Lipinski definition) is 3. The van der Waals surface area contributed by atoms with Crippen LogP contribution in [0.15, 0.2) is 14.3 Å². The van der Waals surface area contributed by atoms with Crippen molar-refractivity contribution in [1.82, 2.24) is 9.80 Å². The molecule has 0 spiro atoms. The fourth-order valence-corrected chi connectivity index (χ4v) is 4.27. The summed E-state index contributed by atoms with van der Waals surface area (Å²) in [5.41, 5.74) is 0. The first kappa shape index (κ1) is 14.5. The molecule has 6 heteroatoms. The summed E-state index contributed by atoms with van der Waals surface area (Å²) in [7, 11) is 4.02. The number of likely N-dealkylation sites (tertiary alicyclic amines) is 1. The highest BCUT2D eigenvalue weighted by Crippen LogP contribution is 2.33. The predicted octanol–water partition coefficient (Wildman–Crippen LogP) is 3.44. The third-order valence-electron chi connectivity index (χ3n) is 3.32. The van der Waals surface area contributed by atoms with E-state index in [1.54, 1.807) is 0 Å². The zero-order chi connectivity index (χ0) is 13.3. The maximum atomic E-state index is 12.4. The minimum Gasteiger partial charge on any atom is -0.337 e. The van der Waals surface area contributed by atoms with Crippen molar-refractivity contribution in [2.45, 2.75) is 18.9 Å². The van der Waals surface area contributed by atoms with Crippen LogP contribution in [0.2, 0.25) is 0 Å². The Bertz CT molecular complexity index is 430. The van der Waals surface area contributed by atoms with E-state index in [0.29, 0.717) is 6.04 Å². The van der Waals surface area contributed by atoms with Crippen molar-refractivity contribution in [2.24, 2.45) is 0 Å². The normalized spacial score (nSPS) is 21.0. The Morgan fingerprint density at radius 2 is 2.28 bits per heavy atom. The topological polar surface area (TPSA) is 23.6 Å². The van der Waals surface area contributed by atoms with Gasteiger partial charge in [0, 0.05) is 24.1 Å². The lowest BCUT2D eigenvalue weighted by Gasteiger charge is -2.35. The van der Waals surface area contributed by atoms with Crippen LogP contribution >= 0.6 is 43.2 Å². The SMILES string of the molecule is CN1CCCC(N(C)C(=O)c2cc(Br)c(Br)s2)C1. The Hall–Kier alpha value is 0.0900. The number of carbonyl (C=O) groups excluding carboxylic acids is 1. The number of rotatable bonds is 2. The van der Waals surface area contributed by atoms with Gasteiger partial charge in [0.2, 0.25) is 0 Å². The van der Waals surface area contributed by atoms with Crippen LogP contribution in [-0.2, 0) is 0 Å². The number of nitrogens with zero attached hydrogens (tertiary/aromatic N) is 2. The highest BCUT2D eigenvalue weighted by atomic mass is 79.9. The summed E-state index contributed by atoms with van der Waals surface area (Å²) < 4.78 is 1.92. The van der Waals surface area contributed by atoms with Crippen LogP contribution in [-0.4, -0.2) is 48.9 Å². The van der Waals surface area contributed by atoms with E-state index >= 15 is 0 Å². The van der Waals surface area contributed by atoms with Gasteiger partial charge in [-0.1, -0.05) is 0 Å². The van der Waals surface area contributed by atoms with Gasteiger partial charge in [-0.25, -0.2) is 0 Å². The number of hydrogen-bond donors (Lipinski definition) is 0. The van der Waals surface area contributed by atoms with Crippen LogP contribution in [0.4, 0.5) is 0 Å². The molecule has 0 N–H and O–H groups in total.